The molecule has 0 aliphatic carbocycles. The first-order valence-electron chi connectivity index (χ1n) is 3.75. The van der Waals surface area contributed by atoms with Crippen molar-refractivity contribution < 1.29 is 9.13 Å². The lowest BCUT2D eigenvalue weighted by Crippen LogP contribution is -2.10. The number of hydrogen-bond acceptors (Lipinski definition) is 2. The predicted molar refractivity (Wildman–Crippen MR) is 52.2 cm³/mol. The summed E-state index contributed by atoms with van der Waals surface area (Å²) in [6, 6.07) is 5.93. The van der Waals surface area contributed by atoms with Gasteiger partial charge in [-0.1, -0.05) is 17.7 Å². The number of benzene rings is 1. The van der Waals surface area contributed by atoms with Crippen molar-refractivity contribution in [2.45, 2.75) is 5.38 Å². The second kappa shape index (κ2) is 5.04. The van der Waals surface area contributed by atoms with E-state index in [9.17, 15) is 4.39 Å². The maximum Gasteiger partial charge on any atom is 0.173 e. The lowest BCUT2D eigenvalue weighted by molar-refractivity contribution is 0.312. The van der Waals surface area contributed by atoms with Crippen LogP contribution in [0.3, 0.4) is 0 Å². The van der Waals surface area contributed by atoms with Gasteiger partial charge in [-0.25, -0.2) is 4.39 Å². The molecular formula is C9H6Cl2FNO. The molecule has 14 heavy (non-hydrogen) atoms. The van der Waals surface area contributed by atoms with Crippen LogP contribution >= 0.6 is 23.2 Å². The lowest BCUT2D eigenvalue weighted by Gasteiger charge is -2.08. The van der Waals surface area contributed by atoms with E-state index in [0.717, 1.165) is 0 Å². The molecule has 0 bridgehead atoms. The Morgan fingerprint density at radius 2 is 2.29 bits per heavy atom. The average molecular weight is 234 g/mol. The Bertz CT molecular complexity index is 344. The molecule has 1 aromatic carbocycles. The van der Waals surface area contributed by atoms with Gasteiger partial charge in [0.1, 0.15) is 6.61 Å². The number of rotatable bonds is 3. The van der Waals surface area contributed by atoms with Crippen LogP contribution in [0.15, 0.2) is 18.2 Å². The first kappa shape index (κ1) is 11.1. The molecule has 0 fully saturated rings. The minimum atomic E-state index is -0.814. The molecule has 0 spiro atoms. The van der Waals surface area contributed by atoms with Gasteiger partial charge in [0.25, 0.3) is 0 Å². The first-order valence-corrected chi connectivity index (χ1v) is 4.57. The predicted octanol–water partition coefficient (Wildman–Crippen LogP) is 2.99. The van der Waals surface area contributed by atoms with Crippen LogP contribution in [0.4, 0.5) is 4.39 Å². The van der Waals surface area contributed by atoms with Crippen molar-refractivity contribution in [2.24, 2.45) is 0 Å². The van der Waals surface area contributed by atoms with Gasteiger partial charge in [0.15, 0.2) is 16.9 Å². The molecule has 1 aromatic rings. The van der Waals surface area contributed by atoms with Gasteiger partial charge in [-0.3, -0.25) is 0 Å². The van der Waals surface area contributed by atoms with Gasteiger partial charge in [-0.05, 0) is 12.1 Å². The number of ether oxygens (including phenoxy) is 1. The van der Waals surface area contributed by atoms with E-state index in [1.54, 1.807) is 6.07 Å². The number of nitriles is 1. The van der Waals surface area contributed by atoms with Crippen molar-refractivity contribution in [3.05, 3.63) is 29.0 Å². The van der Waals surface area contributed by atoms with Crippen LogP contribution in [-0.2, 0) is 0 Å². The molecule has 0 N–H and O–H groups in total. The average Bonchev–Trinajstić information content (AvgIpc) is 2.16. The molecule has 0 saturated heterocycles. The van der Waals surface area contributed by atoms with Gasteiger partial charge in [-0.2, -0.15) is 5.26 Å². The van der Waals surface area contributed by atoms with Crippen LogP contribution in [0.25, 0.3) is 0 Å². The highest BCUT2D eigenvalue weighted by atomic mass is 35.5. The lowest BCUT2D eigenvalue weighted by atomic mass is 10.3. The molecule has 1 unspecified atom stereocenters. The Balaban J connectivity index is 2.72. The van der Waals surface area contributed by atoms with Crippen molar-refractivity contribution in [1.82, 2.24) is 0 Å². The Morgan fingerprint density at radius 1 is 1.57 bits per heavy atom. The van der Waals surface area contributed by atoms with Gasteiger partial charge in [-0.15, -0.1) is 11.6 Å². The topological polar surface area (TPSA) is 33.0 Å². The maximum atomic E-state index is 13.1. The number of hydrogen-bond donors (Lipinski definition) is 0. The molecule has 5 heteroatoms. The summed E-state index contributed by atoms with van der Waals surface area (Å²) in [5, 5.41) is 7.71. The Morgan fingerprint density at radius 3 is 2.86 bits per heavy atom. The van der Waals surface area contributed by atoms with Crippen LogP contribution in [0.2, 0.25) is 5.02 Å². The fourth-order valence-corrected chi connectivity index (χ4v) is 1.09. The molecule has 1 atom stereocenters. The van der Waals surface area contributed by atoms with Crippen LogP contribution in [-0.4, -0.2) is 12.0 Å². The Labute approximate surface area is 90.8 Å². The SMILES string of the molecule is N#CC(Cl)COc1c(F)cccc1Cl. The molecule has 0 heterocycles. The van der Waals surface area contributed by atoms with Crippen LogP contribution < -0.4 is 4.74 Å². The van der Waals surface area contributed by atoms with Crippen LogP contribution in [0.1, 0.15) is 0 Å². The monoisotopic (exact) mass is 233 g/mol. The zero-order valence-electron chi connectivity index (χ0n) is 7.01. The summed E-state index contributed by atoms with van der Waals surface area (Å²) in [7, 11) is 0. The van der Waals surface area contributed by atoms with Crippen molar-refractivity contribution in [3.8, 4) is 11.8 Å². The van der Waals surface area contributed by atoms with Crippen molar-refractivity contribution in [2.75, 3.05) is 6.61 Å². The quantitative estimate of drug-likeness (QED) is 0.753. The molecular weight excluding hydrogens is 228 g/mol. The van der Waals surface area contributed by atoms with E-state index in [1.165, 1.54) is 18.2 Å². The molecule has 74 valence electrons. The number of para-hydroxylation sites is 1. The molecule has 1 rings (SSSR count). The largest absolute Gasteiger partial charge is 0.486 e. The highest BCUT2D eigenvalue weighted by Crippen LogP contribution is 2.27. The van der Waals surface area contributed by atoms with Crippen LogP contribution in [0.5, 0.6) is 5.75 Å². The summed E-state index contributed by atoms with van der Waals surface area (Å²) in [5.74, 6) is -0.644. The normalized spacial score (nSPS) is 11.9. The van der Waals surface area contributed by atoms with E-state index in [1.807, 2.05) is 0 Å². The highest BCUT2D eigenvalue weighted by Gasteiger charge is 2.10. The van der Waals surface area contributed by atoms with Crippen molar-refractivity contribution in [1.29, 1.82) is 5.26 Å². The molecule has 2 nitrogen and oxygen atoms in total. The molecule has 0 aromatic heterocycles. The Hall–Kier alpha value is -0.980. The van der Waals surface area contributed by atoms with Gasteiger partial charge < -0.3 is 4.74 Å². The second-order valence-electron chi connectivity index (χ2n) is 2.46. The molecule has 0 radical (unpaired) electrons. The fraction of sp³-hybridized carbons (Fsp3) is 0.222. The molecule has 0 aliphatic rings. The van der Waals surface area contributed by atoms with Gasteiger partial charge in [0.2, 0.25) is 0 Å². The van der Waals surface area contributed by atoms with Crippen molar-refractivity contribution in [3.63, 3.8) is 0 Å². The summed E-state index contributed by atoms with van der Waals surface area (Å²) in [6.45, 7) is -0.0985. The minimum Gasteiger partial charge on any atom is -0.486 e. The van der Waals surface area contributed by atoms with E-state index in [0.29, 0.717) is 0 Å². The number of alkyl halides is 1. The summed E-state index contributed by atoms with van der Waals surface area (Å²) >= 11 is 11.1. The summed E-state index contributed by atoms with van der Waals surface area (Å²) in [6.07, 6.45) is 0. The zero-order valence-corrected chi connectivity index (χ0v) is 8.52. The smallest absolute Gasteiger partial charge is 0.173 e. The van der Waals surface area contributed by atoms with E-state index in [-0.39, 0.29) is 17.4 Å². The van der Waals surface area contributed by atoms with E-state index < -0.39 is 11.2 Å². The van der Waals surface area contributed by atoms with Gasteiger partial charge in [0.05, 0.1) is 11.1 Å². The number of halogens is 3. The van der Waals surface area contributed by atoms with Crippen LogP contribution in [0, 0.1) is 17.1 Å². The molecule has 0 amide bonds. The third kappa shape index (κ3) is 2.76. The second-order valence-corrected chi connectivity index (χ2v) is 3.39. The fourth-order valence-electron chi connectivity index (χ4n) is 0.814. The first-order chi connectivity index (χ1) is 6.65. The third-order valence-electron chi connectivity index (χ3n) is 1.43. The molecule has 0 aliphatic heterocycles. The minimum absolute atomic E-state index is 0.0740. The van der Waals surface area contributed by atoms with Gasteiger partial charge >= 0.3 is 0 Å². The maximum absolute atomic E-state index is 13.1. The summed E-state index contributed by atoms with van der Waals surface area (Å²) in [5.41, 5.74) is 0. The summed E-state index contributed by atoms with van der Waals surface area (Å²) < 4.78 is 18.0. The van der Waals surface area contributed by atoms with E-state index >= 15 is 0 Å². The third-order valence-corrected chi connectivity index (χ3v) is 1.95. The highest BCUT2D eigenvalue weighted by molar-refractivity contribution is 6.32. The number of nitrogens with zero attached hydrogens (tertiary/aromatic N) is 1. The zero-order chi connectivity index (χ0) is 10.6. The van der Waals surface area contributed by atoms with Crippen molar-refractivity contribution >= 4 is 23.2 Å². The molecule has 0 saturated carbocycles. The standard InChI is InChI=1S/C9H6Cl2FNO/c10-6(4-13)5-14-9-7(11)2-1-3-8(9)12/h1-3,6H,5H2. The summed E-state index contributed by atoms with van der Waals surface area (Å²) in [4.78, 5) is 0. The van der Waals surface area contributed by atoms with E-state index in [4.69, 9.17) is 33.2 Å². The van der Waals surface area contributed by atoms with Gasteiger partial charge in [0, 0.05) is 0 Å². The van der Waals surface area contributed by atoms with E-state index in [2.05, 4.69) is 0 Å². The Kier molecular flexibility index (Phi) is 3.99.